The second-order valence-corrected chi connectivity index (χ2v) is 10.9. The van der Waals surface area contributed by atoms with Gasteiger partial charge in [-0.25, -0.2) is 13.4 Å². The van der Waals surface area contributed by atoms with Gasteiger partial charge in [0, 0.05) is 34.1 Å². The van der Waals surface area contributed by atoms with Crippen LogP contribution in [0.2, 0.25) is 5.02 Å². The molecule has 0 spiro atoms. The summed E-state index contributed by atoms with van der Waals surface area (Å²) in [7, 11) is -3.80. The summed E-state index contributed by atoms with van der Waals surface area (Å²) in [5.41, 5.74) is 3.30. The van der Waals surface area contributed by atoms with Crippen LogP contribution in [0.4, 0.5) is 5.13 Å². The lowest BCUT2D eigenvalue weighted by Gasteiger charge is -2.25. The van der Waals surface area contributed by atoms with Crippen molar-refractivity contribution in [2.75, 3.05) is 4.72 Å². The molecule has 2 heterocycles. The highest BCUT2D eigenvalue weighted by atomic mass is 35.5. The molecule has 2 aromatic heterocycles. The molecule has 1 atom stereocenters. The summed E-state index contributed by atoms with van der Waals surface area (Å²) in [6.07, 6.45) is 4.22. The Bertz CT molecular complexity index is 1410. The molecule has 33 heavy (non-hydrogen) atoms. The zero-order valence-corrected chi connectivity index (χ0v) is 19.7. The van der Waals surface area contributed by atoms with E-state index in [0.29, 0.717) is 16.3 Å². The summed E-state index contributed by atoms with van der Waals surface area (Å²) in [6, 6.07) is 13.2. The zero-order valence-electron chi connectivity index (χ0n) is 17.3. The number of rotatable bonds is 5. The first kappa shape index (κ1) is 21.8. The van der Waals surface area contributed by atoms with Crippen LogP contribution >= 0.6 is 22.9 Å². The molecule has 2 aromatic carbocycles. The van der Waals surface area contributed by atoms with Crippen molar-refractivity contribution in [1.29, 1.82) is 0 Å². The Labute approximate surface area is 200 Å². The number of halogens is 1. The predicted octanol–water partition coefficient (Wildman–Crippen LogP) is 5.27. The Morgan fingerprint density at radius 3 is 2.61 bits per heavy atom. The average Bonchev–Trinajstić information content (AvgIpc) is 3.40. The van der Waals surface area contributed by atoms with Crippen molar-refractivity contribution in [3.8, 4) is 17.4 Å². The Kier molecular flexibility index (Phi) is 5.55. The van der Waals surface area contributed by atoms with E-state index >= 15 is 0 Å². The largest absolute Gasteiger partial charge is 0.494 e. The van der Waals surface area contributed by atoms with E-state index in [0.717, 1.165) is 30.4 Å². The van der Waals surface area contributed by atoms with Gasteiger partial charge in [-0.05, 0) is 66.8 Å². The van der Waals surface area contributed by atoms with E-state index in [1.807, 2.05) is 18.2 Å². The van der Waals surface area contributed by atoms with Gasteiger partial charge >= 0.3 is 0 Å². The van der Waals surface area contributed by atoms with Gasteiger partial charge in [-0.3, -0.25) is 9.29 Å². The molecular weight excluding hydrogens is 482 g/mol. The van der Waals surface area contributed by atoms with Crippen LogP contribution < -0.4 is 4.72 Å². The molecule has 10 heteroatoms. The molecule has 1 aliphatic rings. The van der Waals surface area contributed by atoms with Gasteiger partial charge in [-0.2, -0.15) is 0 Å². The van der Waals surface area contributed by atoms with Gasteiger partial charge in [-0.1, -0.05) is 17.7 Å². The van der Waals surface area contributed by atoms with Crippen LogP contribution in [0.3, 0.4) is 0 Å². The minimum Gasteiger partial charge on any atom is -0.494 e. The van der Waals surface area contributed by atoms with E-state index in [1.54, 1.807) is 11.4 Å². The maximum atomic E-state index is 12.6. The van der Waals surface area contributed by atoms with Crippen LogP contribution in [0.5, 0.6) is 11.8 Å². The molecule has 4 aromatic rings. The van der Waals surface area contributed by atoms with Gasteiger partial charge in [0.05, 0.1) is 10.6 Å². The molecule has 1 aliphatic carbocycles. The van der Waals surface area contributed by atoms with E-state index in [9.17, 15) is 18.6 Å². The second-order valence-electron chi connectivity index (χ2n) is 7.84. The fraction of sp³-hybridized carbons (Fsp3) is 0.174. The second kappa shape index (κ2) is 8.40. The minimum absolute atomic E-state index is 0.0471. The lowest BCUT2D eigenvalue weighted by atomic mass is 9.79. The Balaban J connectivity index is 1.47. The number of hydrogen-bond donors (Lipinski definition) is 3. The van der Waals surface area contributed by atoms with E-state index < -0.39 is 10.0 Å². The molecular formula is C23H20ClN3O4S2. The molecule has 0 fully saturated rings. The normalized spacial score (nSPS) is 15.8. The maximum Gasteiger partial charge on any atom is 0.263 e. The molecule has 0 radical (unpaired) electrons. The van der Waals surface area contributed by atoms with Gasteiger partial charge in [0.1, 0.15) is 0 Å². The monoisotopic (exact) mass is 501 g/mol. The molecule has 1 unspecified atom stereocenters. The Morgan fingerprint density at radius 1 is 1.09 bits per heavy atom. The molecule has 0 aliphatic heterocycles. The fourth-order valence-corrected chi connectivity index (χ4v) is 6.33. The number of sulfonamides is 1. The van der Waals surface area contributed by atoms with Crippen LogP contribution in [0, 0.1) is 0 Å². The third-order valence-corrected chi connectivity index (χ3v) is 8.25. The van der Waals surface area contributed by atoms with Crippen molar-refractivity contribution in [1.82, 2.24) is 9.55 Å². The van der Waals surface area contributed by atoms with Crippen LogP contribution in [0.15, 0.2) is 65.0 Å². The summed E-state index contributed by atoms with van der Waals surface area (Å²) in [5.74, 6) is -0.266. The van der Waals surface area contributed by atoms with Crippen LogP contribution in [0.1, 0.15) is 35.4 Å². The molecule has 170 valence electrons. The van der Waals surface area contributed by atoms with Crippen molar-refractivity contribution in [3.05, 3.63) is 81.8 Å². The number of aryl methyl sites for hydroxylation is 1. The molecule has 0 amide bonds. The lowest BCUT2D eigenvalue weighted by Crippen LogP contribution is -2.12. The van der Waals surface area contributed by atoms with Crippen molar-refractivity contribution in [2.45, 2.75) is 30.1 Å². The van der Waals surface area contributed by atoms with Gasteiger partial charge in [0.25, 0.3) is 10.0 Å². The standard InChI is InChI=1S/C23H20ClN3O4S2/c24-15-4-9-18-14(12-15)2-1-3-19(18)20-13-21(28)27(22(20)29)16-5-7-17(8-6-16)33(30,31)26-23-25-10-11-32-23/h4-13,19,28-29H,1-3H2,(H,25,26). The number of thiazole rings is 1. The molecule has 5 rings (SSSR count). The summed E-state index contributed by atoms with van der Waals surface area (Å²) in [4.78, 5) is 3.98. The summed E-state index contributed by atoms with van der Waals surface area (Å²) in [5, 5.41) is 24.3. The number of anilines is 1. The summed E-state index contributed by atoms with van der Waals surface area (Å²) in [6.45, 7) is 0. The molecule has 0 saturated heterocycles. The van der Waals surface area contributed by atoms with Gasteiger partial charge in [0.15, 0.2) is 11.0 Å². The Hall–Kier alpha value is -3.01. The number of aromatic nitrogens is 2. The highest BCUT2D eigenvalue weighted by Gasteiger charge is 2.28. The van der Waals surface area contributed by atoms with Gasteiger partial charge in [-0.15, -0.1) is 11.3 Å². The molecule has 3 N–H and O–H groups in total. The zero-order chi connectivity index (χ0) is 23.2. The van der Waals surface area contributed by atoms with E-state index in [1.165, 1.54) is 46.4 Å². The van der Waals surface area contributed by atoms with E-state index in [-0.39, 0.29) is 27.7 Å². The van der Waals surface area contributed by atoms with Crippen LogP contribution in [-0.2, 0) is 16.4 Å². The SMILES string of the molecule is O=S(=O)(Nc1nccs1)c1ccc(-n2c(O)cc(C3CCCc4cc(Cl)ccc43)c2O)cc1. The first-order chi connectivity index (χ1) is 15.8. The first-order valence-electron chi connectivity index (χ1n) is 10.3. The number of fused-ring (bicyclic) bond motifs is 1. The van der Waals surface area contributed by atoms with Crippen molar-refractivity contribution >= 4 is 38.1 Å². The molecule has 0 saturated carbocycles. The van der Waals surface area contributed by atoms with E-state index in [4.69, 9.17) is 11.6 Å². The summed E-state index contributed by atoms with van der Waals surface area (Å²) < 4.78 is 28.9. The third kappa shape index (κ3) is 4.07. The van der Waals surface area contributed by atoms with E-state index in [2.05, 4.69) is 9.71 Å². The molecule has 7 nitrogen and oxygen atoms in total. The molecule has 0 bridgehead atoms. The number of nitrogens with one attached hydrogen (secondary N) is 1. The third-order valence-electron chi connectivity index (χ3n) is 5.84. The first-order valence-corrected chi connectivity index (χ1v) is 13.0. The quantitative estimate of drug-likeness (QED) is 0.345. The minimum atomic E-state index is -3.80. The van der Waals surface area contributed by atoms with Crippen molar-refractivity contribution in [3.63, 3.8) is 0 Å². The lowest BCUT2D eigenvalue weighted by molar-refractivity contribution is 0.398. The van der Waals surface area contributed by atoms with Gasteiger partial charge < -0.3 is 10.2 Å². The van der Waals surface area contributed by atoms with Gasteiger partial charge in [0.2, 0.25) is 5.88 Å². The van der Waals surface area contributed by atoms with Crippen LogP contribution in [0.25, 0.3) is 5.69 Å². The predicted molar refractivity (Wildman–Crippen MR) is 128 cm³/mol. The van der Waals surface area contributed by atoms with Crippen molar-refractivity contribution in [2.24, 2.45) is 0 Å². The highest BCUT2D eigenvalue weighted by molar-refractivity contribution is 7.93. The van der Waals surface area contributed by atoms with Crippen molar-refractivity contribution < 1.29 is 18.6 Å². The number of aromatic hydroxyl groups is 2. The highest BCUT2D eigenvalue weighted by Crippen LogP contribution is 2.44. The maximum absolute atomic E-state index is 12.6. The fourth-order valence-electron chi connectivity index (χ4n) is 4.34. The number of hydrogen-bond acceptors (Lipinski definition) is 6. The average molecular weight is 502 g/mol. The van der Waals surface area contributed by atoms with Crippen LogP contribution in [-0.4, -0.2) is 28.2 Å². The Morgan fingerprint density at radius 2 is 1.88 bits per heavy atom. The topological polar surface area (TPSA) is 104 Å². The summed E-state index contributed by atoms with van der Waals surface area (Å²) >= 11 is 7.33. The number of nitrogens with zero attached hydrogens (tertiary/aromatic N) is 2. The number of benzene rings is 2. The smallest absolute Gasteiger partial charge is 0.263 e.